The molecule has 0 aliphatic carbocycles. The van der Waals surface area contributed by atoms with Gasteiger partial charge >= 0.3 is 5.97 Å². The number of hydrogen-bond donors (Lipinski definition) is 2. The third-order valence-electron chi connectivity index (χ3n) is 6.27. The number of nitrogens with zero attached hydrogens (tertiary/aromatic N) is 1. The van der Waals surface area contributed by atoms with Gasteiger partial charge in [0.2, 0.25) is 0 Å². The van der Waals surface area contributed by atoms with Gasteiger partial charge in [-0.15, -0.1) is 0 Å². The lowest BCUT2D eigenvalue weighted by atomic mass is 9.89. The highest BCUT2D eigenvalue weighted by molar-refractivity contribution is 7.07. The summed E-state index contributed by atoms with van der Waals surface area (Å²) < 4.78 is 12.9. The first-order valence-electron chi connectivity index (χ1n) is 11.6. The summed E-state index contributed by atoms with van der Waals surface area (Å²) in [4.78, 5) is 23.1. The Morgan fingerprint density at radius 2 is 1.83 bits per heavy atom. The number of rotatable bonds is 14. The molecule has 0 bridgehead atoms. The lowest BCUT2D eigenvalue weighted by molar-refractivity contribution is -0.136. The van der Waals surface area contributed by atoms with Crippen molar-refractivity contribution in [2.75, 3.05) is 14.2 Å². The van der Waals surface area contributed by atoms with Gasteiger partial charge in [-0.3, -0.25) is 9.59 Å². The molecule has 2 heterocycles. The molecule has 0 fully saturated rings. The zero-order valence-corrected chi connectivity index (χ0v) is 21.2. The molecule has 1 unspecified atom stereocenters. The van der Waals surface area contributed by atoms with Crippen molar-refractivity contribution < 1.29 is 29.3 Å². The molecule has 0 amide bonds. The largest absolute Gasteiger partial charge is 0.496 e. The van der Waals surface area contributed by atoms with Crippen molar-refractivity contribution >= 4 is 23.1 Å². The fourth-order valence-corrected chi connectivity index (χ4v) is 4.96. The predicted octanol–water partition coefficient (Wildman–Crippen LogP) is 5.30. The molecule has 0 saturated heterocycles. The summed E-state index contributed by atoms with van der Waals surface area (Å²) in [5.41, 5.74) is 3.36. The first kappa shape index (κ1) is 26.5. The van der Waals surface area contributed by atoms with Crippen LogP contribution in [0.25, 0.3) is 0 Å². The van der Waals surface area contributed by atoms with Gasteiger partial charge < -0.3 is 24.3 Å². The summed E-state index contributed by atoms with van der Waals surface area (Å²) >= 11 is 1.67. The number of thiophene rings is 1. The van der Waals surface area contributed by atoms with Gasteiger partial charge in [0.05, 0.1) is 26.7 Å². The van der Waals surface area contributed by atoms with Crippen molar-refractivity contribution in [2.45, 2.75) is 51.7 Å². The van der Waals surface area contributed by atoms with E-state index in [1.807, 2.05) is 29.8 Å². The van der Waals surface area contributed by atoms with Gasteiger partial charge in [-0.2, -0.15) is 11.3 Å². The highest BCUT2D eigenvalue weighted by atomic mass is 32.1. The van der Waals surface area contributed by atoms with E-state index in [9.17, 15) is 14.7 Å². The molecule has 0 radical (unpaired) electrons. The zero-order chi connectivity index (χ0) is 25.4. The molecular weight excluding hydrogens is 466 g/mol. The van der Waals surface area contributed by atoms with E-state index in [1.54, 1.807) is 37.8 Å². The summed E-state index contributed by atoms with van der Waals surface area (Å²) in [5, 5.41) is 24.5. The number of aliphatic hydroxyl groups is 1. The lowest BCUT2D eigenvalue weighted by Gasteiger charge is -2.25. The second kappa shape index (κ2) is 12.6. The molecule has 0 aliphatic rings. The van der Waals surface area contributed by atoms with E-state index in [2.05, 4.69) is 16.8 Å². The van der Waals surface area contributed by atoms with E-state index >= 15 is 0 Å². The number of ketones is 1. The summed E-state index contributed by atoms with van der Waals surface area (Å²) in [6.07, 6.45) is 5.16. The highest BCUT2D eigenvalue weighted by Crippen LogP contribution is 2.36. The minimum absolute atomic E-state index is 0.0327. The quantitative estimate of drug-likeness (QED) is 0.292. The van der Waals surface area contributed by atoms with Crippen molar-refractivity contribution in [3.05, 3.63) is 69.7 Å². The Bertz CT molecular complexity index is 1100. The van der Waals surface area contributed by atoms with Crippen LogP contribution in [0.5, 0.6) is 11.5 Å². The fourth-order valence-electron chi connectivity index (χ4n) is 4.26. The molecular formula is C27H33NO6S. The summed E-state index contributed by atoms with van der Waals surface area (Å²) in [7, 11) is 3.19. The van der Waals surface area contributed by atoms with Crippen molar-refractivity contribution in [2.24, 2.45) is 5.92 Å². The Labute approximate surface area is 209 Å². The summed E-state index contributed by atoms with van der Waals surface area (Å²) in [6.45, 7) is 2.42. The number of methoxy groups -OCH3 is 2. The molecule has 3 aromatic rings. The van der Waals surface area contributed by atoms with Crippen LogP contribution >= 0.6 is 11.3 Å². The topological polar surface area (TPSA) is 98.0 Å². The third kappa shape index (κ3) is 7.19. The third-order valence-corrected chi connectivity index (χ3v) is 7.00. The van der Waals surface area contributed by atoms with Gasteiger partial charge in [0.15, 0.2) is 5.78 Å². The van der Waals surface area contributed by atoms with E-state index in [0.717, 1.165) is 30.4 Å². The van der Waals surface area contributed by atoms with Crippen LogP contribution in [0, 0.1) is 12.8 Å². The number of ether oxygens (including phenoxy) is 2. The second-order valence-corrected chi connectivity index (χ2v) is 9.47. The Hall–Kier alpha value is -3.10. The minimum Gasteiger partial charge on any atom is -0.496 e. The number of carbonyl (C=O) groups is 2. The number of benzene rings is 1. The van der Waals surface area contributed by atoms with Crippen LogP contribution in [-0.4, -0.2) is 40.8 Å². The molecule has 35 heavy (non-hydrogen) atoms. The predicted molar refractivity (Wildman–Crippen MR) is 136 cm³/mol. The number of aliphatic hydroxyl groups excluding tert-OH is 1. The molecule has 3 rings (SSSR count). The van der Waals surface area contributed by atoms with Crippen LogP contribution in [0.3, 0.4) is 0 Å². The molecule has 0 aliphatic heterocycles. The molecule has 2 aromatic heterocycles. The SMILES string of the molecule is COc1cc(C(O)[C@H](CCCc2ccsc2)Cn2ccc(C(=O)CCC(=O)O)c2)cc(OC)c1C. The van der Waals surface area contributed by atoms with Gasteiger partial charge in [0.1, 0.15) is 11.5 Å². The van der Waals surface area contributed by atoms with E-state index in [-0.39, 0.29) is 24.5 Å². The van der Waals surface area contributed by atoms with Gasteiger partial charge in [-0.05, 0) is 72.3 Å². The average Bonchev–Trinajstić information content (AvgIpc) is 3.54. The van der Waals surface area contributed by atoms with E-state index in [4.69, 9.17) is 14.6 Å². The Balaban J connectivity index is 1.80. The Morgan fingerprint density at radius 3 is 2.43 bits per heavy atom. The highest BCUT2D eigenvalue weighted by Gasteiger charge is 2.24. The van der Waals surface area contributed by atoms with Crippen LogP contribution in [0.1, 0.15) is 58.8 Å². The summed E-state index contributed by atoms with van der Waals surface area (Å²) in [6, 6.07) is 7.53. The molecule has 0 spiro atoms. The van der Waals surface area contributed by atoms with Gasteiger partial charge in [0.25, 0.3) is 0 Å². The van der Waals surface area contributed by atoms with Crippen molar-refractivity contribution in [1.29, 1.82) is 0 Å². The number of carbonyl (C=O) groups excluding carboxylic acids is 1. The smallest absolute Gasteiger partial charge is 0.303 e. The van der Waals surface area contributed by atoms with Crippen LogP contribution in [0.2, 0.25) is 0 Å². The Morgan fingerprint density at radius 1 is 1.11 bits per heavy atom. The number of aromatic nitrogens is 1. The number of carboxylic acids is 1. The lowest BCUT2D eigenvalue weighted by Crippen LogP contribution is -2.19. The van der Waals surface area contributed by atoms with Crippen LogP contribution in [0.15, 0.2) is 47.4 Å². The minimum atomic E-state index is -0.990. The van der Waals surface area contributed by atoms with E-state index in [0.29, 0.717) is 23.6 Å². The molecule has 2 N–H and O–H groups in total. The van der Waals surface area contributed by atoms with Crippen LogP contribution in [0.4, 0.5) is 0 Å². The van der Waals surface area contributed by atoms with E-state index in [1.165, 1.54) is 5.56 Å². The molecule has 188 valence electrons. The number of carboxylic acid groups (broad SMARTS) is 1. The molecule has 1 aromatic carbocycles. The monoisotopic (exact) mass is 499 g/mol. The Kier molecular flexibility index (Phi) is 9.51. The van der Waals surface area contributed by atoms with Gasteiger partial charge in [-0.25, -0.2) is 0 Å². The maximum absolute atomic E-state index is 12.3. The summed E-state index contributed by atoms with van der Waals surface area (Å²) in [5.74, 6) is -0.00483. The number of Topliss-reactive ketones (excluding diaryl/α,β-unsaturated/α-hetero) is 1. The van der Waals surface area contributed by atoms with Crippen molar-refractivity contribution in [3.8, 4) is 11.5 Å². The normalized spacial score (nSPS) is 12.8. The van der Waals surface area contributed by atoms with E-state index < -0.39 is 12.1 Å². The first-order chi connectivity index (χ1) is 16.8. The molecule has 0 saturated carbocycles. The maximum atomic E-state index is 12.3. The molecule has 2 atom stereocenters. The van der Waals surface area contributed by atoms with Crippen molar-refractivity contribution in [3.63, 3.8) is 0 Å². The van der Waals surface area contributed by atoms with Crippen LogP contribution in [-0.2, 0) is 17.8 Å². The second-order valence-electron chi connectivity index (χ2n) is 8.69. The molecule has 7 nitrogen and oxygen atoms in total. The average molecular weight is 500 g/mol. The van der Waals surface area contributed by atoms with Gasteiger partial charge in [0, 0.05) is 42.4 Å². The molecule has 8 heteroatoms. The zero-order valence-electron chi connectivity index (χ0n) is 20.4. The van der Waals surface area contributed by atoms with Crippen LogP contribution < -0.4 is 9.47 Å². The number of aryl methyl sites for hydroxylation is 1. The number of hydrogen-bond acceptors (Lipinski definition) is 6. The standard InChI is InChI=1S/C27H33NO6S/c1-18-24(33-2)13-22(14-25(18)34-3)27(32)21(6-4-5-19-10-12-35-17-19)16-28-11-9-20(15-28)23(29)7-8-26(30)31/h9-15,17,21,27,32H,4-8,16H2,1-3H3,(H,30,31)/t21-,27?/m1/s1. The number of aliphatic carboxylic acids is 1. The fraction of sp³-hybridized carbons (Fsp3) is 0.407. The van der Waals surface area contributed by atoms with Crippen molar-refractivity contribution in [1.82, 2.24) is 4.57 Å². The maximum Gasteiger partial charge on any atom is 0.303 e. The van der Waals surface area contributed by atoms with Gasteiger partial charge in [-0.1, -0.05) is 0 Å². The first-order valence-corrected chi connectivity index (χ1v) is 12.6.